The third-order valence-corrected chi connectivity index (χ3v) is 3.55. The maximum absolute atomic E-state index is 12.8. The fourth-order valence-electron chi connectivity index (χ4n) is 2.47. The minimum Gasteiger partial charge on any atom is -0.387 e. The van der Waals surface area contributed by atoms with Crippen molar-refractivity contribution in [2.75, 3.05) is 19.7 Å². The summed E-state index contributed by atoms with van der Waals surface area (Å²) in [6.45, 7) is 1.71. The SMILES string of the molecule is Cc1nc(C2CCN(C(=O)CO)CC2)cc(C(F)(F)F)n1. The highest BCUT2D eigenvalue weighted by Crippen LogP contribution is 2.32. The van der Waals surface area contributed by atoms with Crippen LogP contribution in [0.25, 0.3) is 0 Å². The first-order valence-electron chi connectivity index (χ1n) is 6.62. The number of aliphatic hydroxyl groups excluding tert-OH is 1. The number of aliphatic hydroxyl groups is 1. The van der Waals surface area contributed by atoms with Gasteiger partial charge >= 0.3 is 6.18 Å². The van der Waals surface area contributed by atoms with E-state index < -0.39 is 18.5 Å². The Balaban J connectivity index is 2.13. The summed E-state index contributed by atoms with van der Waals surface area (Å²) in [5.74, 6) is -0.396. The molecule has 0 aliphatic carbocycles. The van der Waals surface area contributed by atoms with Crippen molar-refractivity contribution in [3.63, 3.8) is 0 Å². The maximum Gasteiger partial charge on any atom is 0.433 e. The molecule has 1 aromatic rings. The van der Waals surface area contributed by atoms with Crippen LogP contribution in [0.4, 0.5) is 13.2 Å². The Labute approximate surface area is 119 Å². The van der Waals surface area contributed by atoms with Gasteiger partial charge in [-0.1, -0.05) is 0 Å². The van der Waals surface area contributed by atoms with Gasteiger partial charge in [-0.25, -0.2) is 9.97 Å². The van der Waals surface area contributed by atoms with E-state index in [4.69, 9.17) is 5.11 Å². The smallest absolute Gasteiger partial charge is 0.387 e. The summed E-state index contributed by atoms with van der Waals surface area (Å²) in [6, 6.07) is 0.987. The highest BCUT2D eigenvalue weighted by Gasteiger charge is 2.34. The van der Waals surface area contributed by atoms with Gasteiger partial charge in [0.25, 0.3) is 0 Å². The number of rotatable bonds is 2. The molecule has 0 spiro atoms. The van der Waals surface area contributed by atoms with Crippen molar-refractivity contribution in [2.45, 2.75) is 31.9 Å². The van der Waals surface area contributed by atoms with E-state index >= 15 is 0 Å². The van der Waals surface area contributed by atoms with Gasteiger partial charge in [0.1, 0.15) is 18.1 Å². The van der Waals surface area contributed by atoms with Crippen LogP contribution in [0.1, 0.15) is 36.0 Å². The quantitative estimate of drug-likeness (QED) is 0.899. The van der Waals surface area contributed by atoms with Crippen molar-refractivity contribution in [2.24, 2.45) is 0 Å². The Morgan fingerprint density at radius 3 is 2.52 bits per heavy atom. The van der Waals surface area contributed by atoms with Crippen molar-refractivity contribution in [3.05, 3.63) is 23.3 Å². The lowest BCUT2D eigenvalue weighted by Crippen LogP contribution is -2.39. The minimum absolute atomic E-state index is 0.0914. The first-order valence-corrected chi connectivity index (χ1v) is 6.62. The van der Waals surface area contributed by atoms with Gasteiger partial charge in [-0.05, 0) is 25.8 Å². The zero-order valence-corrected chi connectivity index (χ0v) is 11.5. The third-order valence-electron chi connectivity index (χ3n) is 3.55. The van der Waals surface area contributed by atoms with E-state index in [1.54, 1.807) is 0 Å². The standard InChI is InChI=1S/C13H16F3N3O2/c1-8-17-10(6-11(18-8)13(14,15)16)9-2-4-19(5-3-9)12(21)7-20/h6,9,20H,2-5,7H2,1H3. The van der Waals surface area contributed by atoms with Gasteiger partial charge < -0.3 is 10.0 Å². The van der Waals surface area contributed by atoms with Crippen LogP contribution >= 0.6 is 0 Å². The molecule has 1 saturated heterocycles. The van der Waals surface area contributed by atoms with Crippen LogP contribution in [-0.2, 0) is 11.0 Å². The molecule has 0 atom stereocenters. The van der Waals surface area contributed by atoms with Crippen LogP contribution in [0.15, 0.2) is 6.07 Å². The first-order chi connectivity index (χ1) is 9.81. The molecule has 1 aromatic heterocycles. The number of hydrogen-bond acceptors (Lipinski definition) is 4. The molecule has 0 aromatic carbocycles. The Morgan fingerprint density at radius 1 is 1.38 bits per heavy atom. The number of likely N-dealkylation sites (tertiary alicyclic amines) is 1. The zero-order valence-electron chi connectivity index (χ0n) is 11.5. The number of hydrogen-bond donors (Lipinski definition) is 1. The van der Waals surface area contributed by atoms with Crippen molar-refractivity contribution in [3.8, 4) is 0 Å². The van der Waals surface area contributed by atoms with Gasteiger partial charge in [0, 0.05) is 24.7 Å². The molecule has 5 nitrogen and oxygen atoms in total. The molecule has 1 N–H and O–H groups in total. The monoisotopic (exact) mass is 303 g/mol. The van der Waals surface area contributed by atoms with Gasteiger partial charge in [-0.2, -0.15) is 13.2 Å². The van der Waals surface area contributed by atoms with E-state index in [1.165, 1.54) is 11.8 Å². The van der Waals surface area contributed by atoms with Crippen LogP contribution in [0.3, 0.4) is 0 Å². The Bertz CT molecular complexity index is 526. The molecular weight excluding hydrogens is 287 g/mol. The van der Waals surface area contributed by atoms with Crippen LogP contribution in [0, 0.1) is 6.92 Å². The molecule has 1 amide bonds. The number of aryl methyl sites for hydroxylation is 1. The predicted molar refractivity (Wildman–Crippen MR) is 67.4 cm³/mol. The highest BCUT2D eigenvalue weighted by atomic mass is 19.4. The molecule has 2 heterocycles. The molecule has 0 bridgehead atoms. The number of carbonyl (C=O) groups excluding carboxylic acids is 1. The summed E-state index contributed by atoms with van der Waals surface area (Å²) in [4.78, 5) is 20.4. The summed E-state index contributed by atoms with van der Waals surface area (Å²) in [5.41, 5.74) is -0.565. The van der Waals surface area contributed by atoms with E-state index in [0.717, 1.165) is 6.07 Å². The lowest BCUT2D eigenvalue weighted by molar-refractivity contribution is -0.141. The molecule has 1 fully saturated rings. The minimum atomic E-state index is -4.49. The second kappa shape index (κ2) is 5.97. The van der Waals surface area contributed by atoms with E-state index in [9.17, 15) is 18.0 Å². The molecule has 0 radical (unpaired) electrons. The largest absolute Gasteiger partial charge is 0.433 e. The van der Waals surface area contributed by atoms with Crippen molar-refractivity contribution < 1.29 is 23.1 Å². The van der Waals surface area contributed by atoms with Gasteiger partial charge in [-0.3, -0.25) is 4.79 Å². The fourth-order valence-corrected chi connectivity index (χ4v) is 2.47. The maximum atomic E-state index is 12.8. The Morgan fingerprint density at radius 2 is 2.00 bits per heavy atom. The molecule has 1 aliphatic heterocycles. The van der Waals surface area contributed by atoms with E-state index in [0.29, 0.717) is 31.6 Å². The van der Waals surface area contributed by atoms with Crippen LogP contribution < -0.4 is 0 Å². The molecular formula is C13H16F3N3O2. The van der Waals surface area contributed by atoms with Crippen LogP contribution in [0.5, 0.6) is 0 Å². The fraction of sp³-hybridized carbons (Fsp3) is 0.615. The lowest BCUT2D eigenvalue weighted by atomic mass is 9.92. The molecule has 116 valence electrons. The average Bonchev–Trinajstić information content (AvgIpc) is 2.45. The topological polar surface area (TPSA) is 66.3 Å². The van der Waals surface area contributed by atoms with Gasteiger partial charge in [-0.15, -0.1) is 0 Å². The molecule has 0 unspecified atom stereocenters. The van der Waals surface area contributed by atoms with E-state index in [1.807, 2.05) is 0 Å². The van der Waals surface area contributed by atoms with Gasteiger partial charge in [0.15, 0.2) is 0 Å². The molecule has 21 heavy (non-hydrogen) atoms. The lowest BCUT2D eigenvalue weighted by Gasteiger charge is -2.31. The number of carbonyl (C=O) groups is 1. The molecule has 8 heteroatoms. The van der Waals surface area contributed by atoms with E-state index in [2.05, 4.69) is 9.97 Å². The number of aromatic nitrogens is 2. The normalized spacial score (nSPS) is 17.1. The van der Waals surface area contributed by atoms with Crippen LogP contribution in [-0.4, -0.2) is 45.6 Å². The number of alkyl halides is 3. The number of nitrogens with zero attached hydrogens (tertiary/aromatic N) is 3. The van der Waals surface area contributed by atoms with Gasteiger partial charge in [0.2, 0.25) is 5.91 Å². The summed E-state index contributed by atoms with van der Waals surface area (Å²) < 4.78 is 38.3. The van der Waals surface area contributed by atoms with Crippen molar-refractivity contribution in [1.29, 1.82) is 0 Å². The number of piperidine rings is 1. The number of halogens is 3. The highest BCUT2D eigenvalue weighted by molar-refractivity contribution is 5.77. The summed E-state index contributed by atoms with van der Waals surface area (Å²) in [7, 11) is 0. The summed E-state index contributed by atoms with van der Waals surface area (Å²) in [6.07, 6.45) is -3.44. The molecule has 0 saturated carbocycles. The zero-order chi connectivity index (χ0) is 15.6. The van der Waals surface area contributed by atoms with Crippen molar-refractivity contribution in [1.82, 2.24) is 14.9 Å². The second-order valence-electron chi connectivity index (χ2n) is 5.04. The third kappa shape index (κ3) is 3.69. The van der Waals surface area contributed by atoms with Gasteiger partial charge in [0.05, 0.1) is 0 Å². The predicted octanol–water partition coefficient (Wildman–Crippen LogP) is 1.50. The summed E-state index contributed by atoms with van der Waals surface area (Å²) in [5, 5.41) is 8.80. The van der Waals surface area contributed by atoms with Crippen molar-refractivity contribution >= 4 is 5.91 Å². The number of amides is 1. The Hall–Kier alpha value is -1.70. The van der Waals surface area contributed by atoms with Crippen LogP contribution in [0.2, 0.25) is 0 Å². The second-order valence-corrected chi connectivity index (χ2v) is 5.04. The Kier molecular flexibility index (Phi) is 4.46. The first kappa shape index (κ1) is 15.7. The molecule has 2 rings (SSSR count). The molecule has 1 aliphatic rings. The summed E-state index contributed by atoms with van der Waals surface area (Å²) >= 11 is 0. The average molecular weight is 303 g/mol. The van der Waals surface area contributed by atoms with E-state index in [-0.39, 0.29) is 17.6 Å².